The van der Waals surface area contributed by atoms with E-state index in [1.54, 1.807) is 36.0 Å². The van der Waals surface area contributed by atoms with Crippen molar-refractivity contribution in [3.8, 4) is 0 Å². The molecule has 4 heterocycles. The van der Waals surface area contributed by atoms with Crippen molar-refractivity contribution in [3.63, 3.8) is 0 Å². The van der Waals surface area contributed by atoms with Gasteiger partial charge in [-0.3, -0.25) is 19.6 Å². The van der Waals surface area contributed by atoms with Crippen LogP contribution in [0.5, 0.6) is 0 Å². The summed E-state index contributed by atoms with van der Waals surface area (Å²) in [7, 11) is -4.66. The first-order valence-corrected chi connectivity index (χ1v) is 14.0. The van der Waals surface area contributed by atoms with E-state index in [0.29, 0.717) is 17.1 Å². The molecule has 0 aromatic carbocycles. The Labute approximate surface area is 217 Å². The van der Waals surface area contributed by atoms with Gasteiger partial charge in [0.15, 0.2) is 18.9 Å². The van der Waals surface area contributed by atoms with Gasteiger partial charge in [-0.05, 0) is 6.92 Å². The lowest BCUT2D eigenvalue weighted by atomic mass is 10.0. The van der Waals surface area contributed by atoms with Crippen molar-refractivity contribution >= 4 is 59.7 Å². The Morgan fingerprint density at radius 3 is 2.73 bits per heavy atom. The Bertz CT molecular complexity index is 1330. The van der Waals surface area contributed by atoms with Crippen LogP contribution >= 0.6 is 31.0 Å². The van der Waals surface area contributed by atoms with E-state index < -0.39 is 42.7 Å². The van der Waals surface area contributed by atoms with Gasteiger partial charge in [-0.15, -0.1) is 11.8 Å². The van der Waals surface area contributed by atoms with E-state index >= 15 is 0 Å². The fraction of sp³-hybridized carbons (Fsp3) is 0.316. The number of anilines is 1. The maximum Gasteiger partial charge on any atom is 0.429 e. The summed E-state index contributed by atoms with van der Waals surface area (Å²) >= 11 is 1.86. The van der Waals surface area contributed by atoms with Gasteiger partial charge in [-0.2, -0.15) is 9.36 Å². The van der Waals surface area contributed by atoms with Crippen LogP contribution < -0.4 is 20.1 Å². The number of aliphatic carboxylic acids is 1. The maximum atomic E-state index is 13.0. The highest BCUT2D eigenvalue weighted by atomic mass is 32.2. The van der Waals surface area contributed by atoms with Gasteiger partial charge < -0.3 is 29.8 Å². The van der Waals surface area contributed by atoms with E-state index in [9.17, 15) is 24.1 Å². The largest absolute Gasteiger partial charge is 0.543 e. The number of nitrogens with one attached hydrogen (secondary N) is 2. The first-order valence-electron chi connectivity index (χ1n) is 10.6. The smallest absolute Gasteiger partial charge is 0.429 e. The molecular weight excluding hydrogens is 549 g/mol. The first kappa shape index (κ1) is 26.7. The van der Waals surface area contributed by atoms with Gasteiger partial charge in [0.25, 0.3) is 11.8 Å². The topological polar surface area (TPSA) is 210 Å². The molecule has 0 spiro atoms. The molecule has 0 saturated carbocycles. The molecule has 15 nitrogen and oxygen atoms in total. The molecule has 1 saturated heterocycles. The number of carbonyl (C=O) groups excluding carboxylic acids is 3. The Morgan fingerprint density at radius 1 is 1.35 bits per heavy atom. The highest BCUT2D eigenvalue weighted by Gasteiger charge is 2.53. The van der Waals surface area contributed by atoms with Crippen LogP contribution in [0.3, 0.4) is 0 Å². The predicted molar refractivity (Wildman–Crippen MR) is 127 cm³/mol. The van der Waals surface area contributed by atoms with Crippen molar-refractivity contribution in [1.82, 2.24) is 19.6 Å². The van der Waals surface area contributed by atoms with Gasteiger partial charge in [0.1, 0.15) is 18.0 Å². The van der Waals surface area contributed by atoms with Crippen molar-refractivity contribution in [3.05, 3.63) is 47.7 Å². The summed E-state index contributed by atoms with van der Waals surface area (Å²) < 4.78 is 16.8. The lowest BCUT2D eigenvalue weighted by molar-refractivity contribution is -0.689. The molecular formula is C19H20N7O8PS2. The molecule has 0 aliphatic carbocycles. The second kappa shape index (κ2) is 10.9. The zero-order valence-electron chi connectivity index (χ0n) is 19.0. The molecule has 1 unspecified atom stereocenters. The minimum absolute atomic E-state index is 0.0884. The van der Waals surface area contributed by atoms with Crippen LogP contribution in [0.4, 0.5) is 5.13 Å². The third-order valence-electron chi connectivity index (χ3n) is 5.06. The van der Waals surface area contributed by atoms with Crippen LogP contribution in [-0.4, -0.2) is 71.3 Å². The summed E-state index contributed by atoms with van der Waals surface area (Å²) in [5.41, 5.74) is -0.167. The van der Waals surface area contributed by atoms with E-state index in [2.05, 4.69) is 19.8 Å². The molecule has 196 valence electrons. The number of β-lactam (4-membered cyclic amide) rings is 1. The van der Waals surface area contributed by atoms with Crippen LogP contribution in [0.25, 0.3) is 0 Å². The average molecular weight is 570 g/mol. The predicted octanol–water partition coefficient (Wildman–Crippen LogP) is -1.83. The summed E-state index contributed by atoms with van der Waals surface area (Å²) in [4.78, 5) is 65.9. The third kappa shape index (κ3) is 5.97. The number of carbonyl (C=O) groups is 3. The number of rotatable bonds is 10. The molecule has 2 aromatic heterocycles. The number of hydrogen-bond acceptors (Lipinski definition) is 11. The normalized spacial score (nSPS) is 19.7. The number of hydrogen-bond donors (Lipinski definition) is 4. The van der Waals surface area contributed by atoms with Crippen molar-refractivity contribution in [2.24, 2.45) is 5.16 Å². The van der Waals surface area contributed by atoms with Crippen molar-refractivity contribution in [1.29, 1.82) is 0 Å². The average Bonchev–Trinajstić information content (AvgIpc) is 3.29. The van der Waals surface area contributed by atoms with Crippen molar-refractivity contribution in [2.45, 2.75) is 24.9 Å². The SMILES string of the molecule is CCON=C(C(=O)NC1C(=O)N2C(C(=O)[O-])=C(C[n+]3ccccc3)CS[C@H]12)c1nsc(NP(=O)(O)O)n1. The van der Waals surface area contributed by atoms with Gasteiger partial charge in [-0.25, -0.2) is 9.13 Å². The van der Waals surface area contributed by atoms with E-state index in [1.807, 2.05) is 11.2 Å². The van der Waals surface area contributed by atoms with Crippen molar-refractivity contribution in [2.75, 3.05) is 17.4 Å². The molecule has 2 amide bonds. The van der Waals surface area contributed by atoms with E-state index in [1.165, 1.54) is 11.8 Å². The summed E-state index contributed by atoms with van der Waals surface area (Å²) in [6.45, 7) is 1.95. The Morgan fingerprint density at radius 2 is 2.08 bits per heavy atom. The van der Waals surface area contributed by atoms with Crippen LogP contribution in [-0.2, 0) is 30.3 Å². The number of oxime groups is 1. The fourth-order valence-corrected chi connectivity index (χ4v) is 6.15. The standard InChI is InChI=1S/C19H20N7O8PS2/c1-2-34-22-11(14-21-19(37-24-14)23-35(31,32)33)15(27)20-12-16(28)26-13(18(29)30)10(9-36-17(12)26)8-25-6-4-3-5-7-25/h3-7,12,17H,2,8-9H2,1H3,(H4-,20,21,23,24,27,29,30,31,32,33)/t12?,17-/m1/s1. The molecule has 2 aliphatic rings. The van der Waals surface area contributed by atoms with E-state index in [0.717, 1.165) is 4.90 Å². The number of thioether (sulfide) groups is 1. The minimum Gasteiger partial charge on any atom is -0.543 e. The molecule has 4 N–H and O–H groups in total. The molecule has 4 rings (SSSR count). The number of pyridine rings is 1. The Hall–Kier alpha value is -3.37. The minimum atomic E-state index is -4.66. The van der Waals surface area contributed by atoms with Gasteiger partial charge in [-0.1, -0.05) is 11.2 Å². The summed E-state index contributed by atoms with van der Waals surface area (Å²) in [6, 6.07) is 4.34. The molecule has 0 bridgehead atoms. The summed E-state index contributed by atoms with van der Waals surface area (Å²) in [6.07, 6.45) is 3.54. The quantitative estimate of drug-likeness (QED) is 0.0819. The second-order valence-corrected chi connectivity index (χ2v) is 10.8. The maximum absolute atomic E-state index is 13.0. The number of carboxylic acids is 1. The summed E-state index contributed by atoms with van der Waals surface area (Å²) in [5, 5.41) is 19.0. The van der Waals surface area contributed by atoms with Crippen molar-refractivity contribution < 1.29 is 43.2 Å². The highest BCUT2D eigenvalue weighted by molar-refractivity contribution is 8.00. The van der Waals surface area contributed by atoms with Gasteiger partial charge in [0, 0.05) is 35.0 Å². The number of nitrogens with zero attached hydrogens (tertiary/aromatic N) is 5. The van der Waals surface area contributed by atoms with E-state index in [-0.39, 0.29) is 35.6 Å². The molecule has 0 radical (unpaired) electrons. The van der Waals surface area contributed by atoms with Crippen LogP contribution in [0, 0.1) is 0 Å². The van der Waals surface area contributed by atoms with E-state index in [4.69, 9.17) is 14.6 Å². The molecule has 2 atom stereocenters. The molecule has 2 aliphatic heterocycles. The molecule has 2 aromatic rings. The fourth-order valence-electron chi connectivity index (χ4n) is 3.57. The van der Waals surface area contributed by atoms with Crippen LogP contribution in [0.15, 0.2) is 47.0 Å². The lowest BCUT2D eigenvalue weighted by Crippen LogP contribution is -2.71. The molecule has 18 heteroatoms. The van der Waals surface area contributed by atoms with Gasteiger partial charge in [0.05, 0.1) is 11.7 Å². The monoisotopic (exact) mass is 569 g/mol. The number of amides is 2. The highest BCUT2D eigenvalue weighted by Crippen LogP contribution is 2.40. The third-order valence-corrected chi connectivity index (χ3v) is 7.68. The van der Waals surface area contributed by atoms with Gasteiger partial charge >= 0.3 is 7.75 Å². The zero-order valence-corrected chi connectivity index (χ0v) is 21.5. The lowest BCUT2D eigenvalue weighted by Gasteiger charge is -2.50. The molecule has 1 fully saturated rings. The number of aromatic nitrogens is 3. The second-order valence-electron chi connectivity index (χ2n) is 7.59. The van der Waals surface area contributed by atoms with Crippen LogP contribution in [0.2, 0.25) is 0 Å². The zero-order chi connectivity index (χ0) is 26.7. The molecule has 37 heavy (non-hydrogen) atoms. The summed E-state index contributed by atoms with van der Waals surface area (Å²) in [5.74, 6) is -3.03. The number of carboxylic acid groups (broad SMARTS) is 1. The van der Waals surface area contributed by atoms with Gasteiger partial charge in [0.2, 0.25) is 16.7 Å². The Balaban J connectivity index is 1.52. The Kier molecular flexibility index (Phi) is 7.89. The van der Waals surface area contributed by atoms with Crippen LogP contribution in [0.1, 0.15) is 12.7 Å². The number of fused-ring (bicyclic) bond motifs is 1. The first-order chi connectivity index (χ1) is 17.6.